The number of anilines is 1. The molecule has 0 radical (unpaired) electrons. The van der Waals surface area contributed by atoms with Crippen LogP contribution in [0.2, 0.25) is 0 Å². The van der Waals surface area contributed by atoms with Gasteiger partial charge in [0, 0.05) is 17.2 Å². The van der Waals surface area contributed by atoms with E-state index in [2.05, 4.69) is 41.7 Å². The van der Waals surface area contributed by atoms with Gasteiger partial charge in [0.15, 0.2) is 6.61 Å². The summed E-state index contributed by atoms with van der Waals surface area (Å²) in [5, 5.41) is 0. The molecule has 0 aliphatic carbocycles. The van der Waals surface area contributed by atoms with E-state index >= 15 is 0 Å². The Balaban J connectivity index is 1.99. The van der Waals surface area contributed by atoms with Crippen LogP contribution < -0.4 is 9.64 Å². The predicted octanol–water partition coefficient (Wildman–Crippen LogP) is 4.57. The van der Waals surface area contributed by atoms with Crippen molar-refractivity contribution in [1.29, 1.82) is 0 Å². The number of halogens is 1. The van der Waals surface area contributed by atoms with Crippen LogP contribution in [0.4, 0.5) is 5.82 Å². The van der Waals surface area contributed by atoms with Crippen LogP contribution in [-0.4, -0.2) is 24.0 Å². The number of benzene rings is 1. The Morgan fingerprint density at radius 2 is 1.83 bits per heavy atom. The largest absolute Gasteiger partial charge is 0.484 e. The van der Waals surface area contributed by atoms with Crippen molar-refractivity contribution in [2.45, 2.75) is 33.1 Å². The summed E-state index contributed by atoms with van der Waals surface area (Å²) in [4.78, 5) is 18.3. The lowest BCUT2D eigenvalue weighted by Gasteiger charge is -2.21. The maximum absolute atomic E-state index is 12.4. The molecule has 1 aromatic heterocycles. The van der Waals surface area contributed by atoms with Gasteiger partial charge in [0.1, 0.15) is 11.6 Å². The van der Waals surface area contributed by atoms with E-state index < -0.39 is 0 Å². The van der Waals surface area contributed by atoms with Gasteiger partial charge in [-0.15, -0.1) is 0 Å². The van der Waals surface area contributed by atoms with Gasteiger partial charge < -0.3 is 4.74 Å². The van der Waals surface area contributed by atoms with E-state index in [1.54, 1.807) is 11.1 Å². The van der Waals surface area contributed by atoms with E-state index in [4.69, 9.17) is 4.74 Å². The Morgan fingerprint density at radius 1 is 1.17 bits per heavy atom. The van der Waals surface area contributed by atoms with Crippen molar-refractivity contribution in [2.75, 3.05) is 18.1 Å². The van der Waals surface area contributed by atoms with Gasteiger partial charge >= 0.3 is 0 Å². The Bertz CT molecular complexity index is 676. The summed E-state index contributed by atoms with van der Waals surface area (Å²) in [6, 6.07) is 11.6. The van der Waals surface area contributed by atoms with E-state index in [1.165, 1.54) is 5.56 Å². The third-order valence-electron chi connectivity index (χ3n) is 3.69. The molecule has 0 unspecified atom stereocenters. The molecule has 0 fully saturated rings. The lowest BCUT2D eigenvalue weighted by molar-refractivity contribution is -0.120. The van der Waals surface area contributed by atoms with Gasteiger partial charge in [-0.1, -0.05) is 32.9 Å². The van der Waals surface area contributed by atoms with E-state index in [1.807, 2.05) is 43.3 Å². The van der Waals surface area contributed by atoms with Crippen LogP contribution in [0, 0.1) is 0 Å². The summed E-state index contributed by atoms with van der Waals surface area (Å²) in [6.45, 7) is 8.93. The number of ether oxygens (including phenoxy) is 1. The molecule has 0 atom stereocenters. The van der Waals surface area contributed by atoms with Crippen LogP contribution in [0.1, 0.15) is 33.3 Å². The minimum absolute atomic E-state index is 0.0134. The van der Waals surface area contributed by atoms with Gasteiger partial charge in [0.2, 0.25) is 0 Å². The number of hydrogen-bond donors (Lipinski definition) is 0. The number of nitrogens with zero attached hydrogens (tertiary/aromatic N) is 2. The van der Waals surface area contributed by atoms with E-state index in [0.717, 1.165) is 4.47 Å². The van der Waals surface area contributed by atoms with E-state index in [-0.39, 0.29) is 17.9 Å². The highest BCUT2D eigenvalue weighted by atomic mass is 79.9. The van der Waals surface area contributed by atoms with Crippen LogP contribution in [0.5, 0.6) is 5.75 Å². The molecule has 1 aromatic carbocycles. The molecule has 0 saturated carbocycles. The summed E-state index contributed by atoms with van der Waals surface area (Å²) in [7, 11) is 0. The molecule has 24 heavy (non-hydrogen) atoms. The zero-order valence-corrected chi connectivity index (χ0v) is 16.1. The molecule has 0 N–H and O–H groups in total. The summed E-state index contributed by atoms with van der Waals surface area (Å²) >= 11 is 3.34. The molecule has 0 aliphatic heterocycles. The summed E-state index contributed by atoms with van der Waals surface area (Å²) in [5.41, 5.74) is 1.33. The van der Waals surface area contributed by atoms with E-state index in [9.17, 15) is 4.79 Å². The Morgan fingerprint density at radius 3 is 2.33 bits per heavy atom. The van der Waals surface area contributed by atoms with Crippen molar-refractivity contribution in [3.8, 4) is 5.75 Å². The maximum atomic E-state index is 12.4. The highest BCUT2D eigenvalue weighted by Gasteiger charge is 2.16. The van der Waals surface area contributed by atoms with Crippen LogP contribution in [0.3, 0.4) is 0 Å². The smallest absolute Gasteiger partial charge is 0.266 e. The third kappa shape index (κ3) is 4.81. The minimum Gasteiger partial charge on any atom is -0.484 e. The molecule has 4 nitrogen and oxygen atoms in total. The predicted molar refractivity (Wildman–Crippen MR) is 101 cm³/mol. The maximum Gasteiger partial charge on any atom is 0.266 e. The monoisotopic (exact) mass is 390 g/mol. The second-order valence-electron chi connectivity index (χ2n) is 6.54. The molecule has 0 aliphatic rings. The molecule has 2 aromatic rings. The standard InChI is InChI=1S/C19H23BrN2O2/c1-5-22(17-11-8-15(20)12-21-17)18(23)13-24-16-9-6-14(7-10-16)19(2,3)4/h6-12H,5,13H2,1-4H3. The summed E-state index contributed by atoms with van der Waals surface area (Å²) < 4.78 is 6.51. The number of likely N-dealkylation sites (N-methyl/N-ethyl adjacent to an activating group) is 1. The summed E-state index contributed by atoms with van der Waals surface area (Å²) in [5.74, 6) is 1.20. The fourth-order valence-electron chi connectivity index (χ4n) is 2.27. The summed E-state index contributed by atoms with van der Waals surface area (Å²) in [6.07, 6.45) is 1.68. The van der Waals surface area contributed by atoms with Gasteiger partial charge in [-0.2, -0.15) is 0 Å². The first kappa shape index (κ1) is 18.5. The molecule has 0 saturated heterocycles. The average Bonchev–Trinajstić information content (AvgIpc) is 2.55. The van der Waals surface area contributed by atoms with Gasteiger partial charge in [-0.25, -0.2) is 4.98 Å². The number of hydrogen-bond acceptors (Lipinski definition) is 3. The molecular formula is C19H23BrN2O2. The van der Waals surface area contributed by atoms with Crippen molar-refractivity contribution in [3.63, 3.8) is 0 Å². The van der Waals surface area contributed by atoms with Gasteiger partial charge in [0.25, 0.3) is 5.91 Å². The number of carbonyl (C=O) groups is 1. The normalized spacial score (nSPS) is 11.2. The zero-order valence-electron chi connectivity index (χ0n) is 14.5. The van der Waals surface area contributed by atoms with Crippen molar-refractivity contribution < 1.29 is 9.53 Å². The van der Waals surface area contributed by atoms with Gasteiger partial charge in [-0.05, 0) is 58.1 Å². The topological polar surface area (TPSA) is 42.4 Å². The van der Waals surface area contributed by atoms with Crippen molar-refractivity contribution in [3.05, 3.63) is 52.6 Å². The molecule has 5 heteroatoms. The molecule has 1 amide bonds. The molecule has 0 bridgehead atoms. The number of rotatable bonds is 5. The molecule has 128 valence electrons. The highest BCUT2D eigenvalue weighted by molar-refractivity contribution is 9.10. The first-order valence-corrected chi connectivity index (χ1v) is 8.76. The first-order valence-electron chi connectivity index (χ1n) is 7.96. The molecular weight excluding hydrogens is 368 g/mol. The third-order valence-corrected chi connectivity index (χ3v) is 4.16. The highest BCUT2D eigenvalue weighted by Crippen LogP contribution is 2.24. The van der Waals surface area contributed by atoms with Crippen molar-refractivity contribution in [2.24, 2.45) is 0 Å². The lowest BCUT2D eigenvalue weighted by atomic mass is 9.87. The average molecular weight is 391 g/mol. The number of aromatic nitrogens is 1. The lowest BCUT2D eigenvalue weighted by Crippen LogP contribution is -2.35. The van der Waals surface area contributed by atoms with Crippen LogP contribution in [-0.2, 0) is 10.2 Å². The Hall–Kier alpha value is -1.88. The minimum atomic E-state index is -0.118. The van der Waals surface area contributed by atoms with Crippen LogP contribution >= 0.6 is 15.9 Å². The van der Waals surface area contributed by atoms with E-state index in [0.29, 0.717) is 18.1 Å². The molecule has 1 heterocycles. The van der Waals surface area contributed by atoms with Gasteiger partial charge in [0.05, 0.1) is 0 Å². The fraction of sp³-hybridized carbons (Fsp3) is 0.368. The molecule has 0 spiro atoms. The zero-order chi connectivity index (χ0) is 17.7. The number of amides is 1. The van der Waals surface area contributed by atoms with Crippen LogP contribution in [0.15, 0.2) is 47.1 Å². The fourth-order valence-corrected chi connectivity index (χ4v) is 2.50. The Kier molecular flexibility index (Phi) is 5.99. The van der Waals surface area contributed by atoms with Crippen molar-refractivity contribution >= 4 is 27.7 Å². The Labute approximate surface area is 152 Å². The first-order chi connectivity index (χ1) is 11.3. The number of carbonyl (C=O) groups excluding carboxylic acids is 1. The van der Waals surface area contributed by atoms with Gasteiger partial charge in [-0.3, -0.25) is 9.69 Å². The second kappa shape index (κ2) is 7.79. The second-order valence-corrected chi connectivity index (χ2v) is 7.45. The van der Waals surface area contributed by atoms with Crippen molar-refractivity contribution in [1.82, 2.24) is 4.98 Å². The SMILES string of the molecule is CCN(C(=O)COc1ccc(C(C)(C)C)cc1)c1ccc(Br)cn1. The quantitative estimate of drug-likeness (QED) is 0.750. The van der Waals surface area contributed by atoms with Crippen LogP contribution in [0.25, 0.3) is 0 Å². The number of pyridine rings is 1. The molecule has 2 rings (SSSR count).